The Morgan fingerprint density at radius 2 is 2.04 bits per heavy atom. The van der Waals surface area contributed by atoms with Gasteiger partial charge in [-0.15, -0.1) is 0 Å². The van der Waals surface area contributed by atoms with Gasteiger partial charge < -0.3 is 0 Å². The first kappa shape index (κ1) is 18.5. The molecule has 0 bridgehead atoms. The van der Waals surface area contributed by atoms with Gasteiger partial charge in [-0.2, -0.15) is 10.4 Å². The minimum absolute atomic E-state index is 0.398. The molecule has 7 heteroatoms. The first-order valence-electron chi connectivity index (χ1n) is 7.69. The largest absolute Gasteiger partial charge is 0.256 e. The van der Waals surface area contributed by atoms with Gasteiger partial charge >= 0.3 is 0 Å². The molecule has 0 N–H and O–H groups in total. The molecule has 0 aliphatic rings. The third-order valence-corrected chi connectivity index (χ3v) is 4.78. The lowest BCUT2D eigenvalue weighted by atomic mass is 10.1. The number of pyridine rings is 1. The van der Waals surface area contributed by atoms with E-state index >= 15 is 0 Å². The van der Waals surface area contributed by atoms with Crippen LogP contribution in [0.2, 0.25) is 15.2 Å². The Morgan fingerprint density at radius 3 is 2.69 bits per heavy atom. The molecular weight excluding hydrogens is 391 g/mol. The van der Waals surface area contributed by atoms with Crippen molar-refractivity contribution in [2.75, 3.05) is 0 Å². The molecule has 0 spiro atoms. The van der Waals surface area contributed by atoms with Crippen LogP contribution in [0.1, 0.15) is 22.5 Å². The van der Waals surface area contributed by atoms with Crippen LogP contribution < -0.4 is 0 Å². The van der Waals surface area contributed by atoms with Gasteiger partial charge in [0, 0.05) is 21.8 Å². The van der Waals surface area contributed by atoms with Gasteiger partial charge in [0.2, 0.25) is 0 Å². The molecule has 0 radical (unpaired) electrons. The summed E-state index contributed by atoms with van der Waals surface area (Å²) in [5, 5.41) is 15.5. The second kappa shape index (κ2) is 7.92. The fourth-order valence-corrected chi connectivity index (χ4v) is 3.23. The second-order valence-corrected chi connectivity index (χ2v) is 6.77. The molecule has 0 fully saturated rings. The zero-order chi connectivity index (χ0) is 18.7. The highest BCUT2D eigenvalue weighted by Gasteiger charge is 2.15. The number of halogens is 3. The molecule has 1 aromatic carbocycles. The molecular formula is C19H13Cl3N4. The molecule has 0 aliphatic carbocycles. The van der Waals surface area contributed by atoms with E-state index in [2.05, 4.69) is 16.2 Å². The van der Waals surface area contributed by atoms with Gasteiger partial charge in [0.15, 0.2) is 0 Å². The molecule has 3 aromatic rings. The molecule has 2 aromatic heterocycles. The van der Waals surface area contributed by atoms with Gasteiger partial charge in [-0.1, -0.05) is 46.9 Å². The molecule has 130 valence electrons. The number of benzene rings is 1. The smallest absolute Gasteiger partial charge is 0.134 e. The molecule has 0 saturated carbocycles. The summed E-state index contributed by atoms with van der Waals surface area (Å²) in [6.07, 6.45) is 3.34. The van der Waals surface area contributed by atoms with Crippen LogP contribution in [0, 0.1) is 18.3 Å². The van der Waals surface area contributed by atoms with Crippen LogP contribution in [0.25, 0.3) is 11.6 Å². The van der Waals surface area contributed by atoms with Crippen LogP contribution in [0.5, 0.6) is 0 Å². The zero-order valence-corrected chi connectivity index (χ0v) is 16.0. The Hall–Kier alpha value is -2.32. The van der Waals surface area contributed by atoms with Gasteiger partial charge in [-0.25, -0.2) is 4.68 Å². The van der Waals surface area contributed by atoms with E-state index in [0.29, 0.717) is 44.3 Å². The van der Waals surface area contributed by atoms with Gasteiger partial charge in [0.05, 0.1) is 23.5 Å². The number of allylic oxidation sites excluding steroid dienone is 1. The van der Waals surface area contributed by atoms with E-state index in [0.717, 1.165) is 5.56 Å². The number of nitrogens with zero attached hydrogens (tertiary/aromatic N) is 4. The maximum atomic E-state index is 9.47. The van der Waals surface area contributed by atoms with Crippen molar-refractivity contribution < 1.29 is 0 Å². The Kier molecular flexibility index (Phi) is 5.63. The van der Waals surface area contributed by atoms with E-state index in [4.69, 9.17) is 34.8 Å². The van der Waals surface area contributed by atoms with Crippen LogP contribution in [-0.2, 0) is 6.54 Å². The lowest BCUT2D eigenvalue weighted by Crippen LogP contribution is -2.02. The van der Waals surface area contributed by atoms with E-state index in [1.807, 2.05) is 19.1 Å². The molecule has 0 saturated heterocycles. The van der Waals surface area contributed by atoms with Crippen LogP contribution in [0.3, 0.4) is 0 Å². The number of rotatable bonds is 4. The Labute approximate surface area is 166 Å². The predicted octanol–water partition coefficient (Wildman–Crippen LogP) is 5.66. The number of aryl methyl sites for hydroxylation is 1. The van der Waals surface area contributed by atoms with Gasteiger partial charge in [-0.3, -0.25) is 4.98 Å². The van der Waals surface area contributed by atoms with Crippen molar-refractivity contribution in [3.8, 4) is 6.07 Å². The Balaban J connectivity index is 1.98. The molecule has 0 amide bonds. The highest BCUT2D eigenvalue weighted by Crippen LogP contribution is 2.28. The maximum Gasteiger partial charge on any atom is 0.134 e. The van der Waals surface area contributed by atoms with E-state index in [9.17, 15) is 5.26 Å². The van der Waals surface area contributed by atoms with Crippen LogP contribution in [0.15, 0.2) is 42.6 Å². The molecule has 2 heterocycles. The van der Waals surface area contributed by atoms with E-state index in [1.165, 1.54) is 0 Å². The van der Waals surface area contributed by atoms with E-state index in [-0.39, 0.29) is 0 Å². The molecule has 26 heavy (non-hydrogen) atoms. The van der Waals surface area contributed by atoms with Crippen LogP contribution in [0.4, 0.5) is 0 Å². The Morgan fingerprint density at radius 1 is 1.23 bits per heavy atom. The number of hydrogen-bond donors (Lipinski definition) is 0. The Bertz CT molecular complexity index is 1020. The second-order valence-electron chi connectivity index (χ2n) is 5.57. The molecule has 0 atom stereocenters. The van der Waals surface area contributed by atoms with Crippen molar-refractivity contribution in [1.29, 1.82) is 5.26 Å². The average Bonchev–Trinajstić information content (AvgIpc) is 2.89. The quantitative estimate of drug-likeness (QED) is 0.528. The summed E-state index contributed by atoms with van der Waals surface area (Å²) in [5.41, 5.74) is 3.24. The minimum Gasteiger partial charge on any atom is -0.256 e. The summed E-state index contributed by atoms with van der Waals surface area (Å²) >= 11 is 18.7. The van der Waals surface area contributed by atoms with Gasteiger partial charge in [0.25, 0.3) is 0 Å². The molecule has 4 nitrogen and oxygen atoms in total. The fourth-order valence-electron chi connectivity index (χ4n) is 2.48. The molecule has 3 rings (SSSR count). The monoisotopic (exact) mass is 402 g/mol. The lowest BCUT2D eigenvalue weighted by Gasteiger charge is -2.06. The van der Waals surface area contributed by atoms with E-state index in [1.54, 1.807) is 41.2 Å². The standard InChI is InChI=1S/C19H13Cl3N4/c1-12-16(8-14(10-23)18-4-2-3-7-24-18)19(22)26(25-12)11-13-5-6-15(20)9-17(13)21/h2-9H,11H2,1H3/b14-8+. The first-order chi connectivity index (χ1) is 12.5. The van der Waals surface area contributed by atoms with Crippen molar-refractivity contribution in [3.63, 3.8) is 0 Å². The topological polar surface area (TPSA) is 54.5 Å². The maximum absolute atomic E-state index is 9.47. The number of nitriles is 1. The third-order valence-electron chi connectivity index (χ3n) is 3.79. The van der Waals surface area contributed by atoms with Crippen molar-refractivity contribution in [2.24, 2.45) is 0 Å². The molecule has 0 unspecified atom stereocenters. The number of hydrogen-bond acceptors (Lipinski definition) is 3. The SMILES string of the molecule is Cc1nn(Cc2ccc(Cl)cc2Cl)c(Cl)c1/C=C(\C#N)c1ccccn1. The predicted molar refractivity (Wildman–Crippen MR) is 105 cm³/mol. The molecule has 0 aliphatic heterocycles. The normalized spacial score (nSPS) is 11.4. The summed E-state index contributed by atoms with van der Waals surface area (Å²) in [6, 6.07) is 12.8. The minimum atomic E-state index is 0.398. The van der Waals surface area contributed by atoms with Crippen molar-refractivity contribution >= 4 is 46.5 Å². The van der Waals surface area contributed by atoms with Gasteiger partial charge in [-0.05, 0) is 42.8 Å². The van der Waals surface area contributed by atoms with Crippen molar-refractivity contribution in [2.45, 2.75) is 13.5 Å². The average molecular weight is 404 g/mol. The summed E-state index contributed by atoms with van der Waals surface area (Å²) in [7, 11) is 0. The van der Waals surface area contributed by atoms with Crippen LogP contribution in [-0.4, -0.2) is 14.8 Å². The fraction of sp³-hybridized carbons (Fsp3) is 0.105. The highest BCUT2D eigenvalue weighted by atomic mass is 35.5. The van der Waals surface area contributed by atoms with Crippen molar-refractivity contribution in [1.82, 2.24) is 14.8 Å². The van der Waals surface area contributed by atoms with Crippen LogP contribution >= 0.6 is 34.8 Å². The number of aromatic nitrogens is 3. The summed E-state index contributed by atoms with van der Waals surface area (Å²) < 4.78 is 1.64. The van der Waals surface area contributed by atoms with Gasteiger partial charge in [0.1, 0.15) is 11.2 Å². The van der Waals surface area contributed by atoms with Crippen molar-refractivity contribution in [3.05, 3.63) is 80.3 Å². The van der Waals surface area contributed by atoms with E-state index < -0.39 is 0 Å². The summed E-state index contributed by atoms with van der Waals surface area (Å²) in [4.78, 5) is 4.21. The highest BCUT2D eigenvalue weighted by molar-refractivity contribution is 6.35. The third kappa shape index (κ3) is 3.91. The first-order valence-corrected chi connectivity index (χ1v) is 8.83. The summed E-state index contributed by atoms with van der Waals surface area (Å²) in [5.74, 6) is 0. The zero-order valence-electron chi connectivity index (χ0n) is 13.7. The summed E-state index contributed by atoms with van der Waals surface area (Å²) in [6.45, 7) is 2.24. The lowest BCUT2D eigenvalue weighted by molar-refractivity contribution is 0.680.